The number of nitrogens with zero attached hydrogens (tertiary/aromatic N) is 5. The lowest BCUT2D eigenvalue weighted by molar-refractivity contribution is -0.147. The van der Waals surface area contributed by atoms with Gasteiger partial charge in [0.2, 0.25) is 11.7 Å². The standard InChI is InChI=1S/C16H19N5O3/c1-11-3-5-12(6-4-11)14-17-19-21(18-14)9-13(22)20-8-7-16(2,10-20)15(23)24/h3-6H,7-10H2,1-2H3,(H,23,24)/t16-/m1/s1. The normalized spacial score (nSPS) is 20.3. The summed E-state index contributed by atoms with van der Waals surface area (Å²) in [5.41, 5.74) is 1.09. The molecule has 2 aromatic rings. The van der Waals surface area contributed by atoms with E-state index in [0.717, 1.165) is 11.1 Å². The van der Waals surface area contributed by atoms with E-state index < -0.39 is 11.4 Å². The van der Waals surface area contributed by atoms with Gasteiger partial charge in [0, 0.05) is 18.7 Å². The van der Waals surface area contributed by atoms with Gasteiger partial charge in [0.1, 0.15) is 6.54 Å². The third-order valence-corrected chi connectivity index (χ3v) is 4.38. The maximum atomic E-state index is 12.3. The SMILES string of the molecule is Cc1ccc(-c2nnn(CC(=O)N3CC[C@@](C)(C(=O)O)C3)n2)cc1. The number of aliphatic carboxylic acids is 1. The fraction of sp³-hybridized carbons (Fsp3) is 0.438. The molecule has 1 aliphatic heterocycles. The van der Waals surface area contributed by atoms with Crippen LogP contribution in [-0.4, -0.2) is 55.2 Å². The highest BCUT2D eigenvalue weighted by Gasteiger charge is 2.42. The van der Waals surface area contributed by atoms with Gasteiger partial charge in [-0.05, 0) is 25.5 Å². The zero-order chi connectivity index (χ0) is 17.3. The molecule has 1 N–H and O–H groups in total. The Morgan fingerprint density at radius 1 is 1.29 bits per heavy atom. The Morgan fingerprint density at radius 3 is 2.62 bits per heavy atom. The molecule has 126 valence electrons. The van der Waals surface area contributed by atoms with Gasteiger partial charge in [0.05, 0.1) is 5.41 Å². The Balaban J connectivity index is 1.66. The summed E-state index contributed by atoms with van der Waals surface area (Å²) in [6, 6.07) is 7.71. The van der Waals surface area contributed by atoms with E-state index in [1.54, 1.807) is 11.8 Å². The second-order valence-electron chi connectivity index (χ2n) is 6.44. The van der Waals surface area contributed by atoms with Crippen molar-refractivity contribution in [2.75, 3.05) is 13.1 Å². The van der Waals surface area contributed by atoms with Crippen molar-refractivity contribution in [3.05, 3.63) is 29.8 Å². The predicted molar refractivity (Wildman–Crippen MR) is 84.9 cm³/mol. The van der Waals surface area contributed by atoms with E-state index in [9.17, 15) is 14.7 Å². The number of carbonyl (C=O) groups is 2. The minimum Gasteiger partial charge on any atom is -0.481 e. The van der Waals surface area contributed by atoms with Crippen LogP contribution in [0, 0.1) is 12.3 Å². The average molecular weight is 329 g/mol. The molecular formula is C16H19N5O3. The van der Waals surface area contributed by atoms with Crippen molar-refractivity contribution in [2.45, 2.75) is 26.8 Å². The zero-order valence-corrected chi connectivity index (χ0v) is 13.6. The van der Waals surface area contributed by atoms with Crippen molar-refractivity contribution >= 4 is 11.9 Å². The van der Waals surface area contributed by atoms with Crippen molar-refractivity contribution in [3.8, 4) is 11.4 Å². The smallest absolute Gasteiger partial charge is 0.311 e. The summed E-state index contributed by atoms with van der Waals surface area (Å²) in [5, 5.41) is 21.3. The zero-order valence-electron chi connectivity index (χ0n) is 13.6. The molecule has 8 heteroatoms. The number of hydrogen-bond acceptors (Lipinski definition) is 5. The van der Waals surface area contributed by atoms with E-state index in [4.69, 9.17) is 0 Å². The number of rotatable bonds is 4. The van der Waals surface area contributed by atoms with Crippen LogP contribution in [0.1, 0.15) is 18.9 Å². The molecule has 0 aliphatic carbocycles. The number of aromatic nitrogens is 4. The molecule has 24 heavy (non-hydrogen) atoms. The molecular weight excluding hydrogens is 310 g/mol. The summed E-state index contributed by atoms with van der Waals surface area (Å²) in [4.78, 5) is 26.4. The van der Waals surface area contributed by atoms with Gasteiger partial charge in [0.15, 0.2) is 0 Å². The fourth-order valence-corrected chi connectivity index (χ4v) is 2.70. The third kappa shape index (κ3) is 3.12. The van der Waals surface area contributed by atoms with Gasteiger partial charge >= 0.3 is 5.97 Å². The van der Waals surface area contributed by atoms with Crippen molar-refractivity contribution in [1.29, 1.82) is 0 Å². The van der Waals surface area contributed by atoms with Crippen LogP contribution in [0.2, 0.25) is 0 Å². The lowest BCUT2D eigenvalue weighted by Gasteiger charge is -2.19. The van der Waals surface area contributed by atoms with E-state index in [-0.39, 0.29) is 19.0 Å². The van der Waals surface area contributed by atoms with E-state index in [0.29, 0.717) is 18.8 Å². The number of tetrazole rings is 1. The first-order valence-corrected chi connectivity index (χ1v) is 7.73. The van der Waals surface area contributed by atoms with Gasteiger partial charge in [-0.2, -0.15) is 4.80 Å². The Hall–Kier alpha value is -2.77. The number of carboxylic acids is 1. The first kappa shape index (κ1) is 16.1. The molecule has 3 rings (SSSR count). The van der Waals surface area contributed by atoms with Crippen LogP contribution in [0.4, 0.5) is 0 Å². The highest BCUT2D eigenvalue weighted by molar-refractivity contribution is 5.80. The molecule has 1 fully saturated rings. The molecule has 1 saturated heterocycles. The van der Waals surface area contributed by atoms with Gasteiger partial charge in [-0.25, -0.2) is 0 Å². The fourth-order valence-electron chi connectivity index (χ4n) is 2.70. The van der Waals surface area contributed by atoms with Crippen LogP contribution in [0.5, 0.6) is 0 Å². The summed E-state index contributed by atoms with van der Waals surface area (Å²) in [6.45, 7) is 4.25. The topological polar surface area (TPSA) is 101 Å². The van der Waals surface area contributed by atoms with Crippen molar-refractivity contribution in [3.63, 3.8) is 0 Å². The lowest BCUT2D eigenvalue weighted by Crippen LogP contribution is -2.36. The Morgan fingerprint density at radius 2 is 2.00 bits per heavy atom. The molecule has 8 nitrogen and oxygen atoms in total. The summed E-state index contributed by atoms with van der Waals surface area (Å²) in [6.07, 6.45) is 0.452. The van der Waals surface area contributed by atoms with Crippen LogP contribution in [0.3, 0.4) is 0 Å². The lowest BCUT2D eigenvalue weighted by atomic mass is 9.90. The molecule has 1 aliphatic rings. The van der Waals surface area contributed by atoms with Crippen LogP contribution < -0.4 is 0 Å². The first-order chi connectivity index (χ1) is 11.4. The largest absolute Gasteiger partial charge is 0.481 e. The first-order valence-electron chi connectivity index (χ1n) is 7.73. The van der Waals surface area contributed by atoms with Crippen molar-refractivity contribution < 1.29 is 14.7 Å². The number of likely N-dealkylation sites (tertiary alicyclic amines) is 1. The van der Waals surface area contributed by atoms with E-state index >= 15 is 0 Å². The van der Waals surface area contributed by atoms with Crippen LogP contribution >= 0.6 is 0 Å². The molecule has 0 bridgehead atoms. The Labute approximate surface area is 139 Å². The highest BCUT2D eigenvalue weighted by Crippen LogP contribution is 2.30. The van der Waals surface area contributed by atoms with Crippen LogP contribution in [0.25, 0.3) is 11.4 Å². The summed E-state index contributed by atoms with van der Waals surface area (Å²) >= 11 is 0. The molecule has 1 aromatic carbocycles. The van der Waals surface area contributed by atoms with Gasteiger partial charge in [-0.1, -0.05) is 29.8 Å². The summed E-state index contributed by atoms with van der Waals surface area (Å²) < 4.78 is 0. The maximum absolute atomic E-state index is 12.3. The molecule has 1 aromatic heterocycles. The van der Waals surface area contributed by atoms with Gasteiger partial charge in [-0.15, -0.1) is 10.2 Å². The van der Waals surface area contributed by atoms with Gasteiger partial charge in [0.25, 0.3) is 0 Å². The molecule has 1 atom stereocenters. The minimum atomic E-state index is -0.877. The van der Waals surface area contributed by atoms with E-state index in [1.165, 1.54) is 4.80 Å². The molecule has 0 spiro atoms. The van der Waals surface area contributed by atoms with Gasteiger partial charge in [-0.3, -0.25) is 9.59 Å². The number of aryl methyl sites for hydroxylation is 1. The highest BCUT2D eigenvalue weighted by atomic mass is 16.4. The van der Waals surface area contributed by atoms with Crippen LogP contribution in [0.15, 0.2) is 24.3 Å². The summed E-state index contributed by atoms with van der Waals surface area (Å²) in [5.74, 6) is -0.620. The number of amides is 1. The number of carbonyl (C=O) groups excluding carboxylic acids is 1. The average Bonchev–Trinajstić information content (AvgIpc) is 3.16. The summed E-state index contributed by atoms with van der Waals surface area (Å²) in [7, 11) is 0. The minimum absolute atomic E-state index is 0.0471. The molecule has 1 amide bonds. The molecule has 0 unspecified atom stereocenters. The second-order valence-corrected chi connectivity index (χ2v) is 6.44. The Bertz CT molecular complexity index is 770. The monoisotopic (exact) mass is 329 g/mol. The molecule has 2 heterocycles. The van der Waals surface area contributed by atoms with Crippen LogP contribution in [-0.2, 0) is 16.1 Å². The Kier molecular flexibility index (Phi) is 4.04. The number of hydrogen-bond donors (Lipinski definition) is 1. The maximum Gasteiger partial charge on any atom is 0.311 e. The van der Waals surface area contributed by atoms with Gasteiger partial charge < -0.3 is 10.0 Å². The number of benzene rings is 1. The number of carboxylic acid groups (broad SMARTS) is 1. The predicted octanol–water partition coefficient (Wildman–Crippen LogP) is 0.972. The van der Waals surface area contributed by atoms with E-state index in [1.807, 2.05) is 31.2 Å². The van der Waals surface area contributed by atoms with Crippen molar-refractivity contribution in [2.24, 2.45) is 5.41 Å². The molecule has 0 radical (unpaired) electrons. The second kappa shape index (κ2) is 6.03. The quantitative estimate of drug-likeness (QED) is 0.897. The van der Waals surface area contributed by atoms with Crippen molar-refractivity contribution in [1.82, 2.24) is 25.1 Å². The van der Waals surface area contributed by atoms with E-state index in [2.05, 4.69) is 15.4 Å². The third-order valence-electron chi connectivity index (χ3n) is 4.38. The molecule has 0 saturated carbocycles.